The summed E-state index contributed by atoms with van der Waals surface area (Å²) in [5, 5.41) is 14.8. The number of amides is 1. The van der Waals surface area contributed by atoms with Gasteiger partial charge in [-0.3, -0.25) is 4.79 Å². The number of nitrogen functional groups attached to an aromatic ring is 1. The standard InChI is InChI=1S/C13H17N7O3/c1-8(10-5-4-9(22-2)6-11(10)23-3)15-16-12(21)7-20-18-13(14)17-19-20/h4-6H,7H2,1-3H3,(H2,14,18)(H,16,21). The number of tetrazole rings is 1. The fraction of sp³-hybridized carbons (Fsp3) is 0.308. The Morgan fingerprint density at radius 2 is 2.17 bits per heavy atom. The van der Waals surface area contributed by atoms with Crippen LogP contribution in [0.2, 0.25) is 0 Å². The third kappa shape index (κ3) is 4.15. The van der Waals surface area contributed by atoms with Crippen LogP contribution in [0.25, 0.3) is 0 Å². The van der Waals surface area contributed by atoms with Gasteiger partial charge >= 0.3 is 0 Å². The molecule has 0 atom stereocenters. The zero-order valence-corrected chi connectivity index (χ0v) is 13.0. The van der Waals surface area contributed by atoms with Crippen LogP contribution in [0.4, 0.5) is 5.95 Å². The maximum atomic E-state index is 11.8. The van der Waals surface area contributed by atoms with Gasteiger partial charge in [0.1, 0.15) is 18.0 Å². The average Bonchev–Trinajstić information content (AvgIpc) is 2.96. The minimum absolute atomic E-state index is 0.000418. The van der Waals surface area contributed by atoms with Gasteiger partial charge in [-0.2, -0.15) is 9.90 Å². The lowest BCUT2D eigenvalue weighted by molar-refractivity contribution is -0.122. The summed E-state index contributed by atoms with van der Waals surface area (Å²) in [4.78, 5) is 12.8. The highest BCUT2D eigenvalue weighted by molar-refractivity contribution is 6.01. The first-order valence-electron chi connectivity index (χ1n) is 6.62. The molecule has 1 amide bonds. The zero-order chi connectivity index (χ0) is 16.8. The number of aromatic nitrogens is 4. The van der Waals surface area contributed by atoms with Crippen LogP contribution in [0.5, 0.6) is 11.5 Å². The van der Waals surface area contributed by atoms with E-state index in [2.05, 4.69) is 25.9 Å². The molecule has 0 aliphatic rings. The SMILES string of the molecule is COc1ccc(C(C)=NNC(=O)Cn2nnc(N)n2)c(OC)c1. The lowest BCUT2D eigenvalue weighted by Gasteiger charge is -2.10. The topological polar surface area (TPSA) is 130 Å². The van der Waals surface area contributed by atoms with Gasteiger partial charge in [-0.05, 0) is 24.3 Å². The van der Waals surface area contributed by atoms with Gasteiger partial charge in [-0.15, -0.1) is 5.10 Å². The number of hydrogen-bond donors (Lipinski definition) is 2. The van der Waals surface area contributed by atoms with Gasteiger partial charge in [0, 0.05) is 11.6 Å². The van der Waals surface area contributed by atoms with Crippen molar-refractivity contribution in [2.45, 2.75) is 13.5 Å². The number of nitrogens with zero attached hydrogens (tertiary/aromatic N) is 5. The van der Waals surface area contributed by atoms with E-state index in [4.69, 9.17) is 15.2 Å². The molecule has 0 aliphatic heterocycles. The molecule has 0 fully saturated rings. The maximum Gasteiger partial charge on any atom is 0.263 e. The number of hydrazone groups is 1. The van der Waals surface area contributed by atoms with Crippen molar-refractivity contribution in [1.29, 1.82) is 0 Å². The van der Waals surface area contributed by atoms with Crippen LogP contribution < -0.4 is 20.6 Å². The van der Waals surface area contributed by atoms with Gasteiger partial charge in [-0.1, -0.05) is 5.10 Å². The summed E-state index contributed by atoms with van der Waals surface area (Å²) in [5.41, 5.74) is 9.04. The molecule has 122 valence electrons. The monoisotopic (exact) mass is 319 g/mol. The number of methoxy groups -OCH3 is 2. The molecule has 0 saturated heterocycles. The molecule has 0 aliphatic carbocycles. The molecule has 1 aromatic carbocycles. The Balaban J connectivity index is 2.06. The van der Waals surface area contributed by atoms with Gasteiger partial charge in [0.25, 0.3) is 11.9 Å². The summed E-state index contributed by atoms with van der Waals surface area (Å²) in [7, 11) is 3.12. The van der Waals surface area contributed by atoms with Crippen LogP contribution in [0, 0.1) is 0 Å². The minimum atomic E-state index is -0.408. The summed E-state index contributed by atoms with van der Waals surface area (Å²) >= 11 is 0. The molecule has 23 heavy (non-hydrogen) atoms. The molecule has 10 nitrogen and oxygen atoms in total. The van der Waals surface area contributed by atoms with E-state index in [1.165, 1.54) is 0 Å². The van der Waals surface area contributed by atoms with Gasteiger partial charge in [0.05, 0.1) is 19.9 Å². The van der Waals surface area contributed by atoms with Crippen molar-refractivity contribution in [3.63, 3.8) is 0 Å². The number of benzene rings is 1. The molecular weight excluding hydrogens is 302 g/mol. The van der Waals surface area contributed by atoms with Crippen LogP contribution in [-0.4, -0.2) is 46.0 Å². The molecule has 0 spiro atoms. The molecule has 10 heteroatoms. The van der Waals surface area contributed by atoms with E-state index in [0.29, 0.717) is 17.2 Å². The van der Waals surface area contributed by atoms with E-state index in [1.54, 1.807) is 39.3 Å². The van der Waals surface area contributed by atoms with E-state index >= 15 is 0 Å². The lowest BCUT2D eigenvalue weighted by Crippen LogP contribution is -2.25. The molecule has 0 bridgehead atoms. The predicted octanol–water partition coefficient (Wildman–Crippen LogP) is -0.187. The van der Waals surface area contributed by atoms with E-state index in [1.807, 2.05) is 0 Å². The number of ether oxygens (including phenoxy) is 2. The van der Waals surface area contributed by atoms with Crippen LogP contribution in [0.3, 0.4) is 0 Å². The van der Waals surface area contributed by atoms with E-state index < -0.39 is 5.91 Å². The molecular formula is C13H17N7O3. The van der Waals surface area contributed by atoms with Gasteiger partial charge in [-0.25, -0.2) is 5.43 Å². The number of rotatable bonds is 6. The molecule has 1 aromatic heterocycles. The Morgan fingerprint density at radius 1 is 1.39 bits per heavy atom. The molecule has 3 N–H and O–H groups in total. The van der Waals surface area contributed by atoms with Gasteiger partial charge in [0.15, 0.2) is 0 Å². The van der Waals surface area contributed by atoms with Crippen LogP contribution in [0.15, 0.2) is 23.3 Å². The summed E-state index contributed by atoms with van der Waals surface area (Å²) in [5.74, 6) is 0.845. The molecule has 1 heterocycles. The highest BCUT2D eigenvalue weighted by Crippen LogP contribution is 2.24. The van der Waals surface area contributed by atoms with Crippen molar-refractivity contribution < 1.29 is 14.3 Å². The normalized spacial score (nSPS) is 11.2. The summed E-state index contributed by atoms with van der Waals surface area (Å²) in [6, 6.07) is 5.31. The summed E-state index contributed by atoms with van der Waals surface area (Å²) in [6.07, 6.45) is 0. The Labute approximate surface area is 132 Å². The molecule has 0 unspecified atom stereocenters. The third-order valence-corrected chi connectivity index (χ3v) is 2.90. The second-order valence-corrected chi connectivity index (χ2v) is 4.48. The lowest BCUT2D eigenvalue weighted by atomic mass is 10.1. The Morgan fingerprint density at radius 3 is 2.78 bits per heavy atom. The number of hydrogen-bond acceptors (Lipinski definition) is 8. The predicted molar refractivity (Wildman–Crippen MR) is 82.1 cm³/mol. The minimum Gasteiger partial charge on any atom is -0.497 e. The number of anilines is 1. The second kappa shape index (κ2) is 7.20. The van der Waals surface area contributed by atoms with Crippen molar-refractivity contribution in [1.82, 2.24) is 25.6 Å². The first kappa shape index (κ1) is 16.2. The summed E-state index contributed by atoms with van der Waals surface area (Å²) < 4.78 is 10.4. The number of carbonyl (C=O) groups excluding carboxylic acids is 1. The Kier molecular flexibility index (Phi) is 5.07. The van der Waals surface area contributed by atoms with Crippen LogP contribution >= 0.6 is 0 Å². The quantitative estimate of drug-likeness (QED) is 0.557. The zero-order valence-electron chi connectivity index (χ0n) is 13.0. The second-order valence-electron chi connectivity index (χ2n) is 4.48. The van der Waals surface area contributed by atoms with Crippen molar-refractivity contribution in [2.75, 3.05) is 20.0 Å². The largest absolute Gasteiger partial charge is 0.497 e. The van der Waals surface area contributed by atoms with Crippen molar-refractivity contribution in [2.24, 2.45) is 5.10 Å². The molecule has 2 rings (SSSR count). The fourth-order valence-electron chi connectivity index (χ4n) is 1.79. The van der Waals surface area contributed by atoms with Gasteiger partial charge < -0.3 is 15.2 Å². The maximum absolute atomic E-state index is 11.8. The van der Waals surface area contributed by atoms with E-state index in [9.17, 15) is 4.79 Å². The smallest absolute Gasteiger partial charge is 0.263 e. The molecule has 2 aromatic rings. The third-order valence-electron chi connectivity index (χ3n) is 2.90. The molecule has 0 saturated carbocycles. The summed E-state index contributed by atoms with van der Waals surface area (Å²) in [6.45, 7) is 1.61. The number of nitrogens with one attached hydrogen (secondary N) is 1. The van der Waals surface area contributed by atoms with Crippen molar-refractivity contribution in [3.05, 3.63) is 23.8 Å². The van der Waals surface area contributed by atoms with Crippen molar-refractivity contribution >= 4 is 17.6 Å². The number of nitrogens with two attached hydrogens (primary N) is 1. The highest BCUT2D eigenvalue weighted by Gasteiger charge is 2.09. The Hall–Kier alpha value is -3.17. The average molecular weight is 319 g/mol. The fourth-order valence-corrected chi connectivity index (χ4v) is 1.79. The first-order chi connectivity index (χ1) is 11.0. The Bertz CT molecular complexity index is 726. The van der Waals surface area contributed by atoms with Crippen molar-refractivity contribution in [3.8, 4) is 11.5 Å². The van der Waals surface area contributed by atoms with Crippen LogP contribution in [0.1, 0.15) is 12.5 Å². The van der Waals surface area contributed by atoms with Crippen LogP contribution in [-0.2, 0) is 11.3 Å². The highest BCUT2D eigenvalue weighted by atomic mass is 16.5. The first-order valence-corrected chi connectivity index (χ1v) is 6.62. The molecule has 0 radical (unpaired) electrons. The van der Waals surface area contributed by atoms with Gasteiger partial charge in [0.2, 0.25) is 0 Å². The number of carbonyl (C=O) groups is 1. The van der Waals surface area contributed by atoms with E-state index in [0.717, 1.165) is 10.4 Å². The van der Waals surface area contributed by atoms with E-state index in [-0.39, 0.29) is 12.5 Å².